The molecule has 0 bridgehead atoms. The highest BCUT2D eigenvalue weighted by atomic mass is 32.2. The quantitative estimate of drug-likeness (QED) is 0.430. The SMILES string of the molecule is CS(=O)(=O)Nc1cccc(CNc2cc3nc[nH]c(=O)c3cc2[N+](=O)[O-])c1. The number of sulfonamides is 1. The van der Waals surface area contributed by atoms with Gasteiger partial charge in [-0.15, -0.1) is 0 Å². The molecule has 0 fully saturated rings. The zero-order valence-electron chi connectivity index (χ0n) is 14.1. The van der Waals surface area contributed by atoms with E-state index in [-0.39, 0.29) is 23.3 Å². The Kier molecular flexibility index (Phi) is 4.77. The van der Waals surface area contributed by atoms with Crippen LogP contribution in [-0.2, 0) is 16.6 Å². The molecule has 0 radical (unpaired) electrons. The minimum Gasteiger partial charge on any atom is -0.375 e. The Morgan fingerprint density at radius 2 is 2.04 bits per heavy atom. The third-order valence-electron chi connectivity index (χ3n) is 3.67. The van der Waals surface area contributed by atoms with E-state index in [1.807, 2.05) is 0 Å². The van der Waals surface area contributed by atoms with Gasteiger partial charge in [0.2, 0.25) is 10.0 Å². The topological polar surface area (TPSA) is 147 Å². The predicted octanol–water partition coefficient (Wildman–Crippen LogP) is 1.81. The number of anilines is 2. The van der Waals surface area contributed by atoms with Crippen molar-refractivity contribution >= 4 is 38.0 Å². The molecule has 11 heteroatoms. The zero-order chi connectivity index (χ0) is 19.6. The van der Waals surface area contributed by atoms with Gasteiger partial charge in [0.05, 0.1) is 28.4 Å². The van der Waals surface area contributed by atoms with Crippen LogP contribution in [0.4, 0.5) is 17.1 Å². The van der Waals surface area contributed by atoms with Gasteiger partial charge in [0, 0.05) is 18.3 Å². The van der Waals surface area contributed by atoms with E-state index in [1.165, 1.54) is 18.5 Å². The first-order valence-electron chi connectivity index (χ1n) is 7.69. The lowest BCUT2D eigenvalue weighted by atomic mass is 10.1. The molecule has 0 unspecified atom stereocenters. The molecular formula is C16H15N5O5S. The number of hydrogen-bond donors (Lipinski definition) is 3. The van der Waals surface area contributed by atoms with E-state index in [9.17, 15) is 23.3 Å². The molecule has 3 N–H and O–H groups in total. The van der Waals surface area contributed by atoms with Crippen LogP contribution >= 0.6 is 0 Å². The number of nitro benzene ring substituents is 1. The molecule has 0 saturated carbocycles. The Balaban J connectivity index is 1.91. The Bertz CT molecular complexity index is 1190. The van der Waals surface area contributed by atoms with Crippen molar-refractivity contribution in [3.63, 3.8) is 0 Å². The van der Waals surface area contributed by atoms with E-state index in [0.717, 1.165) is 6.26 Å². The summed E-state index contributed by atoms with van der Waals surface area (Å²) >= 11 is 0. The third-order valence-corrected chi connectivity index (χ3v) is 4.27. The van der Waals surface area contributed by atoms with Crippen LogP contribution in [0, 0.1) is 10.1 Å². The highest BCUT2D eigenvalue weighted by Crippen LogP contribution is 2.28. The summed E-state index contributed by atoms with van der Waals surface area (Å²) in [6.07, 6.45) is 2.27. The second-order valence-corrected chi connectivity index (χ2v) is 7.55. The Morgan fingerprint density at radius 1 is 1.26 bits per heavy atom. The number of H-pyrrole nitrogens is 1. The molecule has 0 aliphatic rings. The van der Waals surface area contributed by atoms with Gasteiger partial charge >= 0.3 is 0 Å². The van der Waals surface area contributed by atoms with Crippen molar-refractivity contribution in [3.05, 3.63) is 68.8 Å². The molecule has 3 rings (SSSR count). The second-order valence-electron chi connectivity index (χ2n) is 5.80. The molecular weight excluding hydrogens is 374 g/mol. The van der Waals surface area contributed by atoms with Crippen LogP contribution in [0.2, 0.25) is 0 Å². The molecule has 0 aliphatic carbocycles. The highest BCUT2D eigenvalue weighted by Gasteiger charge is 2.17. The molecule has 0 aliphatic heterocycles. The van der Waals surface area contributed by atoms with Gasteiger partial charge in [0.1, 0.15) is 5.69 Å². The maximum absolute atomic E-state index is 11.8. The molecule has 0 atom stereocenters. The third kappa shape index (κ3) is 4.39. The summed E-state index contributed by atoms with van der Waals surface area (Å²) in [7, 11) is -3.41. The maximum atomic E-state index is 11.8. The molecule has 27 heavy (non-hydrogen) atoms. The summed E-state index contributed by atoms with van der Waals surface area (Å²) in [5, 5.41) is 14.4. The number of rotatable bonds is 6. The lowest BCUT2D eigenvalue weighted by molar-refractivity contribution is -0.383. The minimum atomic E-state index is -3.41. The number of fused-ring (bicyclic) bond motifs is 1. The van der Waals surface area contributed by atoms with Crippen LogP contribution < -0.4 is 15.6 Å². The van der Waals surface area contributed by atoms with Crippen molar-refractivity contribution in [2.75, 3.05) is 16.3 Å². The lowest BCUT2D eigenvalue weighted by Gasteiger charge is -2.10. The Morgan fingerprint density at radius 3 is 2.74 bits per heavy atom. The van der Waals surface area contributed by atoms with Gasteiger partial charge in [-0.25, -0.2) is 13.4 Å². The van der Waals surface area contributed by atoms with Crippen LogP contribution in [0.1, 0.15) is 5.56 Å². The van der Waals surface area contributed by atoms with Crippen LogP contribution in [0.25, 0.3) is 10.9 Å². The molecule has 0 saturated heterocycles. The van der Waals surface area contributed by atoms with E-state index in [1.54, 1.807) is 24.3 Å². The van der Waals surface area contributed by atoms with Crippen LogP contribution in [-0.4, -0.2) is 29.6 Å². The van der Waals surface area contributed by atoms with E-state index in [0.29, 0.717) is 16.8 Å². The van der Waals surface area contributed by atoms with Crippen molar-refractivity contribution in [1.82, 2.24) is 9.97 Å². The van der Waals surface area contributed by atoms with Crippen molar-refractivity contribution in [1.29, 1.82) is 0 Å². The number of nitro groups is 1. The van der Waals surface area contributed by atoms with Gasteiger partial charge in [-0.3, -0.25) is 19.6 Å². The normalized spacial score (nSPS) is 11.3. The highest BCUT2D eigenvalue weighted by molar-refractivity contribution is 7.92. The smallest absolute Gasteiger partial charge is 0.293 e. The second kappa shape index (κ2) is 7.03. The molecule has 0 amide bonds. The number of benzene rings is 2. The summed E-state index contributed by atoms with van der Waals surface area (Å²) in [4.78, 5) is 29.0. The molecule has 3 aromatic rings. The van der Waals surface area contributed by atoms with E-state index in [2.05, 4.69) is 20.0 Å². The summed E-state index contributed by atoms with van der Waals surface area (Å²) in [5.41, 5.74) is 0.891. The van der Waals surface area contributed by atoms with E-state index in [4.69, 9.17) is 0 Å². The fourth-order valence-electron chi connectivity index (χ4n) is 2.55. The number of aromatic nitrogens is 2. The van der Waals surface area contributed by atoms with Crippen LogP contribution in [0.5, 0.6) is 0 Å². The Labute approximate surface area is 153 Å². The largest absolute Gasteiger partial charge is 0.375 e. The van der Waals surface area contributed by atoms with E-state index < -0.39 is 20.5 Å². The molecule has 10 nitrogen and oxygen atoms in total. The van der Waals surface area contributed by atoms with Crippen LogP contribution in [0.15, 0.2) is 47.5 Å². The van der Waals surface area contributed by atoms with Crippen LogP contribution in [0.3, 0.4) is 0 Å². The first-order valence-corrected chi connectivity index (χ1v) is 9.58. The fraction of sp³-hybridized carbons (Fsp3) is 0.125. The maximum Gasteiger partial charge on any atom is 0.293 e. The minimum absolute atomic E-state index is 0.120. The number of nitrogens with zero attached hydrogens (tertiary/aromatic N) is 2. The standard InChI is InChI=1S/C16H15N5O5S/c1-27(25,26)20-11-4-2-3-10(5-11)8-17-14-7-13-12(6-15(14)21(23)24)16(22)19-9-18-13/h2-7,9,17,20H,8H2,1H3,(H,18,19,22). The predicted molar refractivity (Wildman–Crippen MR) is 101 cm³/mol. The molecule has 2 aromatic carbocycles. The van der Waals surface area contributed by atoms with Crippen molar-refractivity contribution in [2.24, 2.45) is 0 Å². The first-order chi connectivity index (χ1) is 12.7. The van der Waals surface area contributed by atoms with Gasteiger partial charge in [-0.05, 0) is 23.8 Å². The van der Waals surface area contributed by atoms with Gasteiger partial charge < -0.3 is 10.3 Å². The molecule has 1 aromatic heterocycles. The Hall–Kier alpha value is -3.47. The lowest BCUT2D eigenvalue weighted by Crippen LogP contribution is -2.10. The zero-order valence-corrected chi connectivity index (χ0v) is 14.9. The molecule has 140 valence electrons. The van der Waals surface area contributed by atoms with Gasteiger partial charge in [0.15, 0.2) is 0 Å². The summed E-state index contributed by atoms with van der Waals surface area (Å²) in [6.45, 7) is 0.203. The van der Waals surface area contributed by atoms with Crippen molar-refractivity contribution < 1.29 is 13.3 Å². The summed E-state index contributed by atoms with van der Waals surface area (Å²) in [6, 6.07) is 9.23. The van der Waals surface area contributed by atoms with Gasteiger partial charge in [-0.1, -0.05) is 12.1 Å². The number of aromatic amines is 1. The fourth-order valence-corrected chi connectivity index (χ4v) is 3.11. The van der Waals surface area contributed by atoms with Crippen molar-refractivity contribution in [3.8, 4) is 0 Å². The first kappa shape index (κ1) is 18.3. The molecule has 1 heterocycles. The van der Waals surface area contributed by atoms with Gasteiger partial charge in [0.25, 0.3) is 11.2 Å². The average Bonchev–Trinajstić information content (AvgIpc) is 2.58. The van der Waals surface area contributed by atoms with Gasteiger partial charge in [-0.2, -0.15) is 0 Å². The van der Waals surface area contributed by atoms with E-state index >= 15 is 0 Å². The number of nitrogens with one attached hydrogen (secondary N) is 3. The number of hydrogen-bond acceptors (Lipinski definition) is 7. The average molecular weight is 389 g/mol. The summed E-state index contributed by atoms with van der Waals surface area (Å²) in [5.74, 6) is 0. The monoisotopic (exact) mass is 389 g/mol. The summed E-state index contributed by atoms with van der Waals surface area (Å²) < 4.78 is 25.0. The van der Waals surface area contributed by atoms with Crippen molar-refractivity contribution in [2.45, 2.75) is 6.54 Å². The molecule has 0 spiro atoms.